The van der Waals surface area contributed by atoms with Gasteiger partial charge < -0.3 is 10.2 Å². The van der Waals surface area contributed by atoms with Gasteiger partial charge in [-0.1, -0.05) is 0 Å². The van der Waals surface area contributed by atoms with Crippen molar-refractivity contribution in [3.8, 4) is 0 Å². The molecule has 0 aromatic carbocycles. The molecule has 2 heterocycles. The van der Waals surface area contributed by atoms with Crippen molar-refractivity contribution in [3.63, 3.8) is 0 Å². The molecule has 1 aliphatic rings. The monoisotopic (exact) mass is 372 g/mol. The molecule has 1 aliphatic heterocycles. The molecule has 2 rings (SSSR count). The topological polar surface area (TPSA) is 65.5 Å². The summed E-state index contributed by atoms with van der Waals surface area (Å²) in [7, 11) is 1.53. The lowest BCUT2D eigenvalue weighted by Crippen LogP contribution is -2.61. The fourth-order valence-electron chi connectivity index (χ4n) is 3.11. The Labute approximate surface area is 150 Å². The lowest BCUT2D eigenvalue weighted by Gasteiger charge is -2.42. The second-order valence-electron chi connectivity index (χ2n) is 6.54. The van der Waals surface area contributed by atoms with E-state index in [4.69, 9.17) is 0 Å². The number of piperazine rings is 1. The fraction of sp³-hybridized carbons (Fsp3) is 0.588. The number of alkyl halides is 3. The van der Waals surface area contributed by atoms with Crippen LogP contribution in [0, 0.1) is 6.92 Å². The lowest BCUT2D eigenvalue weighted by atomic mass is 10.1. The van der Waals surface area contributed by atoms with Crippen LogP contribution in [0.2, 0.25) is 0 Å². The largest absolute Gasteiger partial charge is 0.433 e. The predicted molar refractivity (Wildman–Crippen MR) is 89.6 cm³/mol. The van der Waals surface area contributed by atoms with Gasteiger partial charge in [0.15, 0.2) is 0 Å². The summed E-state index contributed by atoms with van der Waals surface area (Å²) in [6.45, 7) is 6.40. The number of nitrogens with one attached hydrogen (secondary N) is 1. The number of halogens is 3. The van der Waals surface area contributed by atoms with E-state index in [0.717, 1.165) is 12.1 Å². The van der Waals surface area contributed by atoms with E-state index in [9.17, 15) is 22.8 Å². The van der Waals surface area contributed by atoms with E-state index in [0.29, 0.717) is 13.1 Å². The Hall–Kier alpha value is -2.16. The third-order valence-electron chi connectivity index (χ3n) is 4.53. The average molecular weight is 372 g/mol. The van der Waals surface area contributed by atoms with E-state index in [1.807, 2.05) is 18.7 Å². The maximum Gasteiger partial charge on any atom is 0.433 e. The third kappa shape index (κ3) is 4.14. The average Bonchev–Trinajstić information content (AvgIpc) is 2.58. The summed E-state index contributed by atoms with van der Waals surface area (Å²) in [5.41, 5.74) is -0.890. The van der Waals surface area contributed by atoms with Crippen LogP contribution in [0.1, 0.15) is 35.6 Å². The van der Waals surface area contributed by atoms with Gasteiger partial charge in [0.2, 0.25) is 5.91 Å². The van der Waals surface area contributed by atoms with Crippen LogP contribution >= 0.6 is 0 Å². The van der Waals surface area contributed by atoms with Gasteiger partial charge in [0, 0.05) is 32.7 Å². The van der Waals surface area contributed by atoms with Gasteiger partial charge in [0.25, 0.3) is 5.91 Å². The molecule has 0 bridgehead atoms. The number of amides is 2. The van der Waals surface area contributed by atoms with Crippen molar-refractivity contribution < 1.29 is 22.8 Å². The first-order valence-corrected chi connectivity index (χ1v) is 8.37. The minimum absolute atomic E-state index is 0.0209. The van der Waals surface area contributed by atoms with E-state index in [1.54, 1.807) is 0 Å². The van der Waals surface area contributed by atoms with E-state index in [2.05, 4.69) is 10.3 Å². The van der Waals surface area contributed by atoms with Crippen LogP contribution in [0.25, 0.3) is 0 Å². The molecule has 9 heteroatoms. The summed E-state index contributed by atoms with van der Waals surface area (Å²) < 4.78 is 38.2. The molecule has 0 aliphatic carbocycles. The van der Waals surface area contributed by atoms with Crippen LogP contribution in [0.5, 0.6) is 0 Å². The zero-order chi connectivity index (χ0) is 19.6. The van der Waals surface area contributed by atoms with Crippen molar-refractivity contribution in [2.45, 2.75) is 39.0 Å². The number of carbonyl (C=O) groups excluding carboxylic acids is 2. The van der Waals surface area contributed by atoms with Gasteiger partial charge in [0.1, 0.15) is 11.7 Å². The van der Waals surface area contributed by atoms with Gasteiger partial charge in [-0.3, -0.25) is 14.5 Å². The van der Waals surface area contributed by atoms with E-state index >= 15 is 0 Å². The summed E-state index contributed by atoms with van der Waals surface area (Å²) >= 11 is 0. The summed E-state index contributed by atoms with van der Waals surface area (Å²) in [4.78, 5) is 32.0. The molecule has 0 unspecified atom stereocenters. The summed E-state index contributed by atoms with van der Waals surface area (Å²) in [6, 6.07) is 1.59. The molecule has 1 N–H and O–H groups in total. The number of hydrogen-bond acceptors (Lipinski definition) is 4. The quantitative estimate of drug-likeness (QED) is 0.877. The Bertz CT molecular complexity index is 691. The minimum atomic E-state index is -4.56. The Morgan fingerprint density at radius 3 is 2.42 bits per heavy atom. The predicted octanol–water partition coefficient (Wildman–Crippen LogP) is 1.69. The Morgan fingerprint density at radius 2 is 1.92 bits per heavy atom. The maximum atomic E-state index is 12.8. The summed E-state index contributed by atoms with van der Waals surface area (Å²) in [5, 5.41) is 2.60. The number of likely N-dealkylation sites (N-methyl/N-ethyl adjacent to an activating group) is 1. The maximum absolute atomic E-state index is 12.8. The van der Waals surface area contributed by atoms with Crippen LogP contribution in [-0.4, -0.2) is 65.4 Å². The number of hydrogen-bond donors (Lipinski definition) is 1. The highest BCUT2D eigenvalue weighted by atomic mass is 19.4. The smallest absolute Gasteiger partial charge is 0.358 e. The molecule has 1 aromatic heterocycles. The second kappa shape index (κ2) is 7.61. The Balaban J connectivity index is 2.23. The molecule has 0 saturated carbocycles. The molecule has 26 heavy (non-hydrogen) atoms. The van der Waals surface area contributed by atoms with Crippen LogP contribution in [0.15, 0.2) is 12.1 Å². The molecule has 1 atom stereocenters. The molecule has 2 amide bonds. The van der Waals surface area contributed by atoms with Gasteiger partial charge in [-0.05, 0) is 32.9 Å². The molecule has 0 spiro atoms. The van der Waals surface area contributed by atoms with E-state index < -0.39 is 23.8 Å². The minimum Gasteiger partial charge on any atom is -0.358 e. The first-order valence-electron chi connectivity index (χ1n) is 8.37. The van der Waals surface area contributed by atoms with Crippen molar-refractivity contribution in [2.75, 3.05) is 26.7 Å². The van der Waals surface area contributed by atoms with Crippen LogP contribution in [-0.2, 0) is 11.0 Å². The first kappa shape index (κ1) is 20.2. The summed E-state index contributed by atoms with van der Waals surface area (Å²) in [5.74, 6) is -0.612. The number of rotatable bonds is 3. The molecule has 1 saturated heterocycles. The summed E-state index contributed by atoms with van der Waals surface area (Å²) in [6.07, 6.45) is -4.56. The number of nitrogens with zero attached hydrogens (tertiary/aromatic N) is 3. The van der Waals surface area contributed by atoms with Gasteiger partial charge in [-0.25, -0.2) is 4.98 Å². The van der Waals surface area contributed by atoms with Gasteiger partial charge in [-0.15, -0.1) is 0 Å². The molecule has 6 nitrogen and oxygen atoms in total. The van der Waals surface area contributed by atoms with Crippen molar-refractivity contribution in [1.82, 2.24) is 20.1 Å². The zero-order valence-corrected chi connectivity index (χ0v) is 15.2. The SMILES string of the molecule is CNC(=O)[C@H]1CN(C(=O)c2ccc(C(F)(F)F)nc2C)CCN1C(C)C. The number of carbonyl (C=O) groups is 2. The van der Waals surface area contributed by atoms with Gasteiger partial charge in [0.05, 0.1) is 11.3 Å². The first-order chi connectivity index (χ1) is 12.1. The highest BCUT2D eigenvalue weighted by molar-refractivity contribution is 5.96. The van der Waals surface area contributed by atoms with E-state index in [1.165, 1.54) is 18.9 Å². The highest BCUT2D eigenvalue weighted by Gasteiger charge is 2.37. The van der Waals surface area contributed by atoms with Crippen LogP contribution in [0.3, 0.4) is 0 Å². The van der Waals surface area contributed by atoms with Crippen molar-refractivity contribution in [3.05, 3.63) is 29.1 Å². The fourth-order valence-corrected chi connectivity index (χ4v) is 3.11. The molecule has 144 valence electrons. The molecular formula is C17H23F3N4O2. The second-order valence-corrected chi connectivity index (χ2v) is 6.54. The van der Waals surface area contributed by atoms with Crippen molar-refractivity contribution >= 4 is 11.8 Å². The van der Waals surface area contributed by atoms with Crippen molar-refractivity contribution in [2.24, 2.45) is 0 Å². The lowest BCUT2D eigenvalue weighted by molar-refractivity contribution is -0.141. The van der Waals surface area contributed by atoms with E-state index in [-0.39, 0.29) is 29.8 Å². The third-order valence-corrected chi connectivity index (χ3v) is 4.53. The van der Waals surface area contributed by atoms with Gasteiger partial charge >= 0.3 is 6.18 Å². The van der Waals surface area contributed by atoms with Crippen molar-refractivity contribution in [1.29, 1.82) is 0 Å². The zero-order valence-electron chi connectivity index (χ0n) is 15.2. The Kier molecular flexibility index (Phi) is 5.90. The standard InChI is InChI=1S/C17H23F3N4O2/c1-10(2)24-8-7-23(9-13(24)15(25)21-4)16(26)12-5-6-14(17(18,19)20)22-11(12)3/h5-6,10,13H,7-9H2,1-4H3,(H,21,25)/t13-/m1/s1. The molecular weight excluding hydrogens is 349 g/mol. The van der Waals surface area contributed by atoms with Crippen LogP contribution < -0.4 is 5.32 Å². The Morgan fingerprint density at radius 1 is 1.27 bits per heavy atom. The number of pyridine rings is 1. The number of aryl methyl sites for hydroxylation is 1. The molecule has 1 fully saturated rings. The van der Waals surface area contributed by atoms with Crippen LogP contribution in [0.4, 0.5) is 13.2 Å². The van der Waals surface area contributed by atoms with Gasteiger partial charge in [-0.2, -0.15) is 13.2 Å². The normalized spacial score (nSPS) is 18.9. The highest BCUT2D eigenvalue weighted by Crippen LogP contribution is 2.28. The number of aromatic nitrogens is 1. The molecule has 0 radical (unpaired) electrons. The molecule has 1 aromatic rings.